The predicted molar refractivity (Wildman–Crippen MR) is 81.1 cm³/mol. The van der Waals surface area contributed by atoms with Gasteiger partial charge in [0.15, 0.2) is 0 Å². The van der Waals surface area contributed by atoms with Crippen LogP contribution in [0.25, 0.3) is 0 Å². The standard InChI is InChI=1S/C14H13ClN2S/c15-12-7-3-1-5-10(12)9-17-13-8-4-2-6-11(13)14(16)18/h1-8,17H,9H2,(H2,16,18). The van der Waals surface area contributed by atoms with Crippen LogP contribution in [0.1, 0.15) is 11.1 Å². The zero-order chi connectivity index (χ0) is 13.0. The minimum Gasteiger partial charge on any atom is -0.389 e. The SMILES string of the molecule is NC(=S)c1ccccc1NCc1ccccc1Cl. The van der Waals surface area contributed by atoms with Crippen LogP contribution in [0.5, 0.6) is 0 Å². The zero-order valence-electron chi connectivity index (χ0n) is 9.69. The summed E-state index contributed by atoms with van der Waals surface area (Å²) >= 11 is 11.1. The van der Waals surface area contributed by atoms with Crippen LogP contribution >= 0.6 is 23.8 Å². The Bertz CT molecular complexity index is 569. The third-order valence-electron chi connectivity index (χ3n) is 2.62. The van der Waals surface area contributed by atoms with E-state index in [0.29, 0.717) is 11.5 Å². The molecular formula is C14H13ClN2S. The molecule has 2 rings (SSSR count). The fourth-order valence-electron chi connectivity index (χ4n) is 1.68. The summed E-state index contributed by atoms with van der Waals surface area (Å²) in [5.41, 5.74) is 8.49. The number of benzene rings is 2. The van der Waals surface area contributed by atoms with Crippen LogP contribution in [0.15, 0.2) is 48.5 Å². The van der Waals surface area contributed by atoms with E-state index in [4.69, 9.17) is 29.6 Å². The minimum atomic E-state index is 0.386. The predicted octanol–water partition coefficient (Wildman–Crippen LogP) is 3.59. The average molecular weight is 277 g/mol. The number of hydrogen-bond acceptors (Lipinski definition) is 2. The van der Waals surface area contributed by atoms with Crippen LogP contribution in [-0.4, -0.2) is 4.99 Å². The maximum atomic E-state index is 6.10. The van der Waals surface area contributed by atoms with Gasteiger partial charge in [-0.15, -0.1) is 0 Å². The van der Waals surface area contributed by atoms with Crippen LogP contribution in [0.2, 0.25) is 5.02 Å². The molecule has 2 aromatic rings. The van der Waals surface area contributed by atoms with Crippen molar-refractivity contribution in [2.45, 2.75) is 6.54 Å². The number of thiocarbonyl (C=S) groups is 1. The first-order valence-electron chi connectivity index (χ1n) is 5.54. The molecule has 0 radical (unpaired) electrons. The first-order chi connectivity index (χ1) is 8.68. The molecule has 0 saturated heterocycles. The number of halogens is 1. The molecule has 0 fully saturated rings. The molecule has 2 nitrogen and oxygen atoms in total. The lowest BCUT2D eigenvalue weighted by Crippen LogP contribution is -2.13. The molecule has 92 valence electrons. The van der Waals surface area contributed by atoms with Crippen molar-refractivity contribution < 1.29 is 0 Å². The van der Waals surface area contributed by atoms with Gasteiger partial charge in [0.1, 0.15) is 4.99 Å². The van der Waals surface area contributed by atoms with Gasteiger partial charge in [0.2, 0.25) is 0 Å². The van der Waals surface area contributed by atoms with Crippen LogP contribution in [0.4, 0.5) is 5.69 Å². The third kappa shape index (κ3) is 3.00. The van der Waals surface area contributed by atoms with E-state index in [-0.39, 0.29) is 0 Å². The Morgan fingerprint density at radius 1 is 1.11 bits per heavy atom. The molecule has 0 heterocycles. The zero-order valence-corrected chi connectivity index (χ0v) is 11.3. The summed E-state index contributed by atoms with van der Waals surface area (Å²) in [6.07, 6.45) is 0. The van der Waals surface area contributed by atoms with Crippen LogP contribution in [0, 0.1) is 0 Å². The monoisotopic (exact) mass is 276 g/mol. The summed E-state index contributed by atoms with van der Waals surface area (Å²) in [7, 11) is 0. The highest BCUT2D eigenvalue weighted by atomic mass is 35.5. The molecule has 0 unspecified atom stereocenters. The molecule has 3 N–H and O–H groups in total. The Balaban J connectivity index is 2.16. The molecule has 2 aromatic carbocycles. The lowest BCUT2D eigenvalue weighted by molar-refractivity contribution is 1.15. The quantitative estimate of drug-likeness (QED) is 0.838. The minimum absolute atomic E-state index is 0.386. The maximum absolute atomic E-state index is 6.10. The van der Waals surface area contributed by atoms with Gasteiger partial charge in [-0.2, -0.15) is 0 Å². The Morgan fingerprint density at radius 3 is 2.50 bits per heavy atom. The number of nitrogens with one attached hydrogen (secondary N) is 1. The van der Waals surface area contributed by atoms with Crippen molar-refractivity contribution in [1.29, 1.82) is 0 Å². The lowest BCUT2D eigenvalue weighted by atomic mass is 10.1. The van der Waals surface area contributed by atoms with Gasteiger partial charge >= 0.3 is 0 Å². The largest absolute Gasteiger partial charge is 0.389 e. The Kier molecular flexibility index (Phi) is 4.18. The maximum Gasteiger partial charge on any atom is 0.106 e. The second-order valence-corrected chi connectivity index (χ2v) is 4.70. The molecule has 0 amide bonds. The Labute approximate surface area is 117 Å². The summed E-state index contributed by atoms with van der Waals surface area (Å²) in [5, 5.41) is 4.05. The number of rotatable bonds is 4. The molecule has 0 saturated carbocycles. The topological polar surface area (TPSA) is 38.0 Å². The second-order valence-electron chi connectivity index (χ2n) is 3.85. The van der Waals surface area contributed by atoms with E-state index in [2.05, 4.69) is 5.32 Å². The molecule has 0 aliphatic rings. The number of nitrogens with two attached hydrogens (primary N) is 1. The van der Waals surface area contributed by atoms with E-state index in [9.17, 15) is 0 Å². The molecule has 0 aliphatic carbocycles. The van der Waals surface area contributed by atoms with Gasteiger partial charge in [0.05, 0.1) is 0 Å². The number of para-hydroxylation sites is 1. The fraction of sp³-hybridized carbons (Fsp3) is 0.0714. The van der Waals surface area contributed by atoms with Crippen molar-refractivity contribution in [3.8, 4) is 0 Å². The molecule has 18 heavy (non-hydrogen) atoms. The summed E-state index contributed by atoms with van der Waals surface area (Å²) in [4.78, 5) is 0.386. The van der Waals surface area contributed by atoms with E-state index >= 15 is 0 Å². The van der Waals surface area contributed by atoms with Gasteiger partial charge < -0.3 is 11.1 Å². The highest BCUT2D eigenvalue weighted by Crippen LogP contribution is 2.19. The molecule has 0 bridgehead atoms. The lowest BCUT2D eigenvalue weighted by Gasteiger charge is -2.11. The van der Waals surface area contributed by atoms with E-state index in [0.717, 1.165) is 21.8 Å². The summed E-state index contributed by atoms with van der Waals surface area (Å²) in [6.45, 7) is 0.638. The van der Waals surface area contributed by atoms with Crippen LogP contribution < -0.4 is 11.1 Å². The average Bonchev–Trinajstić information content (AvgIpc) is 2.38. The molecule has 0 aliphatic heterocycles. The summed E-state index contributed by atoms with van der Waals surface area (Å²) in [5.74, 6) is 0. The van der Waals surface area contributed by atoms with Crippen LogP contribution in [0.3, 0.4) is 0 Å². The third-order valence-corrected chi connectivity index (χ3v) is 3.21. The van der Waals surface area contributed by atoms with Gasteiger partial charge in [-0.25, -0.2) is 0 Å². The highest BCUT2D eigenvalue weighted by Gasteiger charge is 2.04. The van der Waals surface area contributed by atoms with Gasteiger partial charge in [-0.3, -0.25) is 0 Å². The first-order valence-corrected chi connectivity index (χ1v) is 6.33. The second kappa shape index (κ2) is 5.85. The van der Waals surface area contributed by atoms with Crippen molar-refractivity contribution >= 4 is 34.5 Å². The van der Waals surface area contributed by atoms with Gasteiger partial charge in [-0.05, 0) is 23.8 Å². The van der Waals surface area contributed by atoms with Crippen LogP contribution in [-0.2, 0) is 6.54 Å². The molecule has 0 atom stereocenters. The Hall–Kier alpha value is -1.58. The smallest absolute Gasteiger partial charge is 0.106 e. The number of anilines is 1. The summed E-state index contributed by atoms with van der Waals surface area (Å²) < 4.78 is 0. The molecule has 0 spiro atoms. The van der Waals surface area contributed by atoms with E-state index in [1.807, 2.05) is 48.5 Å². The van der Waals surface area contributed by atoms with E-state index in [1.165, 1.54) is 0 Å². The normalized spacial score (nSPS) is 10.1. The number of hydrogen-bond donors (Lipinski definition) is 2. The van der Waals surface area contributed by atoms with E-state index < -0.39 is 0 Å². The molecular weight excluding hydrogens is 264 g/mol. The molecule has 4 heteroatoms. The van der Waals surface area contributed by atoms with Crippen molar-refractivity contribution in [2.24, 2.45) is 5.73 Å². The van der Waals surface area contributed by atoms with Crippen molar-refractivity contribution in [2.75, 3.05) is 5.32 Å². The van der Waals surface area contributed by atoms with Crippen molar-refractivity contribution in [3.63, 3.8) is 0 Å². The van der Waals surface area contributed by atoms with Crippen molar-refractivity contribution in [1.82, 2.24) is 0 Å². The Morgan fingerprint density at radius 2 is 1.78 bits per heavy atom. The fourth-order valence-corrected chi connectivity index (χ4v) is 2.06. The highest BCUT2D eigenvalue weighted by molar-refractivity contribution is 7.80. The summed E-state index contributed by atoms with van der Waals surface area (Å²) in [6, 6.07) is 15.4. The van der Waals surface area contributed by atoms with Gasteiger partial charge in [0.25, 0.3) is 0 Å². The van der Waals surface area contributed by atoms with Gasteiger partial charge in [0, 0.05) is 22.8 Å². The van der Waals surface area contributed by atoms with E-state index in [1.54, 1.807) is 0 Å². The first kappa shape index (κ1) is 12.9. The van der Waals surface area contributed by atoms with Gasteiger partial charge in [-0.1, -0.05) is 54.2 Å². The van der Waals surface area contributed by atoms with Crippen molar-refractivity contribution in [3.05, 3.63) is 64.7 Å². The molecule has 0 aromatic heterocycles.